The fraction of sp³-hybridized carbons (Fsp3) is 0.160. The third kappa shape index (κ3) is 4.99. The number of pyridine rings is 1. The van der Waals surface area contributed by atoms with Crippen LogP contribution in [0.2, 0.25) is 0 Å². The summed E-state index contributed by atoms with van der Waals surface area (Å²) in [5.74, 6) is 1.05. The van der Waals surface area contributed by atoms with Gasteiger partial charge in [-0.1, -0.05) is 30.3 Å². The normalized spacial score (nSPS) is 11.0. The van der Waals surface area contributed by atoms with Crippen LogP contribution in [0.3, 0.4) is 0 Å². The van der Waals surface area contributed by atoms with Gasteiger partial charge in [-0.3, -0.25) is 4.79 Å². The van der Waals surface area contributed by atoms with Crippen LogP contribution >= 0.6 is 0 Å². The Morgan fingerprint density at radius 3 is 2.42 bits per heavy atom. The van der Waals surface area contributed by atoms with Crippen molar-refractivity contribution in [3.63, 3.8) is 0 Å². The highest BCUT2D eigenvalue weighted by atomic mass is 19.1. The molecule has 31 heavy (non-hydrogen) atoms. The van der Waals surface area contributed by atoms with Crippen LogP contribution in [0.5, 0.6) is 11.5 Å². The van der Waals surface area contributed by atoms with E-state index in [1.807, 2.05) is 54.6 Å². The zero-order valence-corrected chi connectivity index (χ0v) is 16.9. The minimum atomic E-state index is -0.277. The standard InChI is InChI=1S/C25H23FN2O3/c26-21-9-6-18(7-10-21)16-27-17-20-14-19-8-11-23(31-22-4-2-1-3-5-22)15-24(19)28(12-13-29)25(20)30/h1-11,14-15,27,29H,12-13,16-17H2. The van der Waals surface area contributed by atoms with Gasteiger partial charge in [-0.2, -0.15) is 0 Å². The van der Waals surface area contributed by atoms with Crippen LogP contribution in [-0.2, 0) is 19.6 Å². The number of nitrogens with one attached hydrogen (secondary N) is 1. The molecule has 3 aromatic carbocycles. The third-order valence-electron chi connectivity index (χ3n) is 5.00. The van der Waals surface area contributed by atoms with E-state index in [0.29, 0.717) is 35.7 Å². The number of hydrogen-bond acceptors (Lipinski definition) is 4. The number of ether oxygens (including phenoxy) is 1. The van der Waals surface area contributed by atoms with Gasteiger partial charge in [-0.15, -0.1) is 0 Å². The van der Waals surface area contributed by atoms with E-state index in [-0.39, 0.29) is 24.5 Å². The van der Waals surface area contributed by atoms with E-state index < -0.39 is 0 Å². The van der Waals surface area contributed by atoms with Gasteiger partial charge >= 0.3 is 0 Å². The van der Waals surface area contributed by atoms with Gasteiger partial charge in [0.25, 0.3) is 5.56 Å². The summed E-state index contributed by atoms with van der Waals surface area (Å²) in [6.45, 7) is 0.919. The molecule has 0 aliphatic heterocycles. The summed E-state index contributed by atoms with van der Waals surface area (Å²) in [4.78, 5) is 13.1. The van der Waals surface area contributed by atoms with Crippen molar-refractivity contribution in [2.75, 3.05) is 6.61 Å². The van der Waals surface area contributed by atoms with E-state index in [1.165, 1.54) is 12.1 Å². The SMILES string of the molecule is O=c1c(CNCc2ccc(F)cc2)cc2ccc(Oc3ccccc3)cc2n1CCO. The molecule has 0 saturated carbocycles. The van der Waals surface area contributed by atoms with E-state index in [4.69, 9.17) is 4.74 Å². The van der Waals surface area contributed by atoms with Crippen molar-refractivity contribution in [1.82, 2.24) is 9.88 Å². The first-order chi connectivity index (χ1) is 15.1. The van der Waals surface area contributed by atoms with Gasteiger partial charge in [0.05, 0.1) is 12.1 Å². The Labute approximate surface area is 179 Å². The quantitative estimate of drug-likeness (QED) is 0.450. The fourth-order valence-electron chi connectivity index (χ4n) is 3.49. The molecule has 2 N–H and O–H groups in total. The number of fused-ring (bicyclic) bond motifs is 1. The van der Waals surface area contributed by atoms with Crippen molar-refractivity contribution < 1.29 is 14.2 Å². The molecule has 0 atom stereocenters. The molecule has 0 bridgehead atoms. The number of aliphatic hydroxyl groups is 1. The van der Waals surface area contributed by atoms with Crippen LogP contribution < -0.4 is 15.6 Å². The van der Waals surface area contributed by atoms with Gasteiger partial charge in [0.1, 0.15) is 17.3 Å². The molecule has 0 spiro atoms. The number of para-hydroxylation sites is 1. The molecule has 0 amide bonds. The summed E-state index contributed by atoms with van der Waals surface area (Å²) in [7, 11) is 0. The Morgan fingerprint density at radius 2 is 1.68 bits per heavy atom. The molecule has 0 aliphatic carbocycles. The molecule has 5 nitrogen and oxygen atoms in total. The first kappa shape index (κ1) is 20.8. The lowest BCUT2D eigenvalue weighted by Crippen LogP contribution is -2.28. The fourth-order valence-corrected chi connectivity index (χ4v) is 3.49. The molecule has 0 radical (unpaired) electrons. The number of hydrogen-bond donors (Lipinski definition) is 2. The third-order valence-corrected chi connectivity index (χ3v) is 5.00. The first-order valence-electron chi connectivity index (χ1n) is 10.1. The molecule has 0 fully saturated rings. The van der Waals surface area contributed by atoms with Crippen LogP contribution in [0.15, 0.2) is 83.7 Å². The molecular formula is C25H23FN2O3. The number of halogens is 1. The van der Waals surface area contributed by atoms with Gasteiger partial charge in [0, 0.05) is 31.3 Å². The highest BCUT2D eigenvalue weighted by Gasteiger charge is 2.11. The predicted octanol–water partition coefficient (Wildman–Crippen LogP) is 4.22. The molecular weight excluding hydrogens is 395 g/mol. The summed E-state index contributed by atoms with van der Waals surface area (Å²) >= 11 is 0. The Hall–Kier alpha value is -3.48. The van der Waals surface area contributed by atoms with Crippen LogP contribution in [0.4, 0.5) is 4.39 Å². The van der Waals surface area contributed by atoms with Crippen LogP contribution in [0.25, 0.3) is 10.9 Å². The molecule has 0 saturated heterocycles. The largest absolute Gasteiger partial charge is 0.457 e. The van der Waals surface area contributed by atoms with Gasteiger partial charge in [-0.05, 0) is 53.4 Å². The van der Waals surface area contributed by atoms with E-state index in [1.54, 1.807) is 16.7 Å². The molecule has 158 valence electrons. The molecule has 1 aromatic heterocycles. The maximum absolute atomic E-state index is 13.1. The van der Waals surface area contributed by atoms with Crippen molar-refractivity contribution in [1.29, 1.82) is 0 Å². The Kier molecular flexibility index (Phi) is 6.40. The lowest BCUT2D eigenvalue weighted by atomic mass is 10.1. The van der Waals surface area contributed by atoms with Gasteiger partial charge in [0.2, 0.25) is 0 Å². The zero-order chi connectivity index (χ0) is 21.6. The van der Waals surface area contributed by atoms with Gasteiger partial charge in [-0.25, -0.2) is 4.39 Å². The van der Waals surface area contributed by atoms with Crippen molar-refractivity contribution in [2.24, 2.45) is 0 Å². The van der Waals surface area contributed by atoms with Crippen LogP contribution in [0, 0.1) is 5.82 Å². The predicted molar refractivity (Wildman–Crippen MR) is 119 cm³/mol. The summed E-state index contributed by atoms with van der Waals surface area (Å²) in [5.41, 5.74) is 2.07. The topological polar surface area (TPSA) is 63.5 Å². The molecule has 4 rings (SSSR count). The molecule has 6 heteroatoms. The summed E-state index contributed by atoms with van der Waals surface area (Å²) in [6.07, 6.45) is 0. The molecule has 0 aliphatic rings. The van der Waals surface area contributed by atoms with Crippen LogP contribution in [-0.4, -0.2) is 16.3 Å². The number of benzene rings is 3. The van der Waals surface area contributed by atoms with Crippen molar-refractivity contribution >= 4 is 10.9 Å². The lowest BCUT2D eigenvalue weighted by molar-refractivity contribution is 0.276. The lowest BCUT2D eigenvalue weighted by Gasteiger charge is -2.14. The van der Waals surface area contributed by atoms with Crippen molar-refractivity contribution in [3.05, 3.63) is 106 Å². The number of aromatic nitrogens is 1. The van der Waals surface area contributed by atoms with Crippen LogP contribution in [0.1, 0.15) is 11.1 Å². The van der Waals surface area contributed by atoms with Gasteiger partial charge < -0.3 is 19.7 Å². The van der Waals surface area contributed by atoms with E-state index in [0.717, 1.165) is 10.9 Å². The minimum Gasteiger partial charge on any atom is -0.457 e. The maximum atomic E-state index is 13.1. The first-order valence-corrected chi connectivity index (χ1v) is 10.1. The Morgan fingerprint density at radius 1 is 0.903 bits per heavy atom. The summed E-state index contributed by atoms with van der Waals surface area (Å²) < 4.78 is 20.5. The smallest absolute Gasteiger partial charge is 0.255 e. The minimum absolute atomic E-state index is 0.148. The summed E-state index contributed by atoms with van der Waals surface area (Å²) in [5, 5.41) is 13.6. The second kappa shape index (κ2) is 9.55. The Balaban J connectivity index is 1.59. The monoisotopic (exact) mass is 418 g/mol. The van der Waals surface area contributed by atoms with Crippen molar-refractivity contribution in [3.8, 4) is 11.5 Å². The van der Waals surface area contributed by atoms with E-state index >= 15 is 0 Å². The molecule has 0 unspecified atom stereocenters. The Bertz CT molecular complexity index is 1220. The van der Waals surface area contributed by atoms with E-state index in [9.17, 15) is 14.3 Å². The average molecular weight is 418 g/mol. The number of nitrogens with zero attached hydrogens (tertiary/aromatic N) is 1. The second-order valence-corrected chi connectivity index (χ2v) is 7.22. The molecule has 4 aromatic rings. The van der Waals surface area contributed by atoms with Gasteiger partial charge in [0.15, 0.2) is 0 Å². The average Bonchev–Trinajstić information content (AvgIpc) is 2.79. The highest BCUT2D eigenvalue weighted by Crippen LogP contribution is 2.25. The summed E-state index contributed by atoms with van der Waals surface area (Å²) in [6, 6.07) is 23.1. The van der Waals surface area contributed by atoms with E-state index in [2.05, 4.69) is 5.32 Å². The second-order valence-electron chi connectivity index (χ2n) is 7.22. The number of rotatable bonds is 8. The molecule has 1 heterocycles. The zero-order valence-electron chi connectivity index (χ0n) is 16.9. The highest BCUT2D eigenvalue weighted by molar-refractivity contribution is 5.81. The maximum Gasteiger partial charge on any atom is 0.255 e. The number of aliphatic hydroxyl groups excluding tert-OH is 1. The van der Waals surface area contributed by atoms with Crippen molar-refractivity contribution in [2.45, 2.75) is 19.6 Å².